The Kier molecular flexibility index (Phi) is 4.45. The third-order valence-corrected chi connectivity index (χ3v) is 3.99. The van der Waals surface area contributed by atoms with E-state index in [1.165, 1.54) is 11.8 Å². The van der Waals surface area contributed by atoms with Gasteiger partial charge < -0.3 is 0 Å². The molecule has 0 heterocycles. The molecule has 0 saturated carbocycles. The highest BCUT2D eigenvalue weighted by Crippen LogP contribution is 2.35. The van der Waals surface area contributed by atoms with Gasteiger partial charge in [-0.25, -0.2) is 0 Å². The van der Waals surface area contributed by atoms with Crippen LogP contribution in [0.2, 0.25) is 5.02 Å². The Labute approximate surface area is 120 Å². The number of benzene rings is 2. The molecule has 0 aromatic heterocycles. The smallest absolute Gasteiger partial charge is 0.258 e. The summed E-state index contributed by atoms with van der Waals surface area (Å²) >= 11 is 7.19. The van der Waals surface area contributed by atoms with Crippen molar-refractivity contribution in [3.05, 3.63) is 63.2 Å². The number of nitrogens with zero attached hydrogens (tertiary/aromatic N) is 1. The Morgan fingerprint density at radius 3 is 2.47 bits per heavy atom. The van der Waals surface area contributed by atoms with E-state index in [1.807, 2.05) is 25.1 Å². The Bertz CT molecular complexity index is 599. The molecule has 0 amide bonds. The first-order valence-corrected chi connectivity index (χ1v) is 7.00. The molecular weight excluding hydrogens is 282 g/mol. The zero-order chi connectivity index (χ0) is 13.8. The number of rotatable bonds is 4. The van der Waals surface area contributed by atoms with Crippen molar-refractivity contribution in [2.24, 2.45) is 0 Å². The predicted molar refractivity (Wildman–Crippen MR) is 78.0 cm³/mol. The summed E-state index contributed by atoms with van der Waals surface area (Å²) in [5.74, 6) is 0. The Morgan fingerprint density at radius 1 is 1.21 bits per heavy atom. The normalized spacial score (nSPS) is 10.4. The molecule has 0 saturated heterocycles. The van der Waals surface area contributed by atoms with Crippen molar-refractivity contribution in [3.8, 4) is 0 Å². The zero-order valence-electron chi connectivity index (χ0n) is 10.3. The first-order valence-electron chi connectivity index (χ1n) is 5.81. The molecule has 19 heavy (non-hydrogen) atoms. The van der Waals surface area contributed by atoms with Gasteiger partial charge in [0.2, 0.25) is 0 Å². The molecule has 2 aromatic carbocycles. The van der Waals surface area contributed by atoms with E-state index in [-0.39, 0.29) is 10.6 Å². The van der Waals surface area contributed by atoms with Crippen molar-refractivity contribution < 1.29 is 4.92 Å². The van der Waals surface area contributed by atoms with Gasteiger partial charge in [-0.1, -0.05) is 36.4 Å². The van der Waals surface area contributed by atoms with E-state index >= 15 is 0 Å². The average molecular weight is 294 g/mol. The van der Waals surface area contributed by atoms with Crippen LogP contribution < -0.4 is 0 Å². The molecular formula is C14H12ClNO2S. The molecule has 0 aliphatic heterocycles. The maximum absolute atomic E-state index is 11.1. The molecule has 0 unspecified atom stereocenters. The van der Waals surface area contributed by atoms with Crippen LogP contribution in [0.4, 0.5) is 5.69 Å². The molecule has 2 aromatic rings. The van der Waals surface area contributed by atoms with Crippen LogP contribution in [0.15, 0.2) is 52.3 Å². The van der Waals surface area contributed by atoms with E-state index in [0.29, 0.717) is 9.92 Å². The summed E-state index contributed by atoms with van der Waals surface area (Å²) in [4.78, 5) is 12.3. The average Bonchev–Trinajstić information content (AvgIpc) is 2.41. The molecule has 0 aliphatic rings. The number of aryl methyl sites for hydroxylation is 1. The number of nitro groups is 1. The lowest BCUT2D eigenvalue weighted by molar-refractivity contribution is -0.387. The molecule has 0 radical (unpaired) electrons. The van der Waals surface area contributed by atoms with Crippen molar-refractivity contribution >= 4 is 29.1 Å². The quantitative estimate of drug-likeness (QED) is 0.591. The predicted octanol–water partition coefficient (Wildman–Crippen LogP) is 4.96. The first-order chi connectivity index (χ1) is 9.10. The topological polar surface area (TPSA) is 43.1 Å². The highest BCUT2D eigenvalue weighted by atomic mass is 35.5. The highest BCUT2D eigenvalue weighted by molar-refractivity contribution is 7.99. The van der Waals surface area contributed by atoms with Gasteiger partial charge in [0, 0.05) is 16.0 Å². The van der Waals surface area contributed by atoms with Crippen LogP contribution in [0.25, 0.3) is 0 Å². The lowest BCUT2D eigenvalue weighted by Crippen LogP contribution is -1.92. The second-order valence-corrected chi connectivity index (χ2v) is 5.52. The largest absolute Gasteiger partial charge is 0.283 e. The van der Waals surface area contributed by atoms with E-state index in [9.17, 15) is 10.1 Å². The van der Waals surface area contributed by atoms with Crippen molar-refractivity contribution in [1.82, 2.24) is 0 Å². The molecule has 98 valence electrons. The van der Waals surface area contributed by atoms with Gasteiger partial charge in [-0.3, -0.25) is 10.1 Å². The maximum Gasteiger partial charge on any atom is 0.283 e. The number of nitro benzene ring substituents is 1. The number of hydrogen-bond acceptors (Lipinski definition) is 3. The van der Waals surface area contributed by atoms with Crippen LogP contribution in [-0.2, 0) is 6.42 Å². The molecule has 0 fully saturated rings. The van der Waals surface area contributed by atoms with Crippen molar-refractivity contribution in [2.75, 3.05) is 0 Å². The minimum Gasteiger partial charge on any atom is -0.258 e. The number of hydrogen-bond donors (Lipinski definition) is 0. The van der Waals surface area contributed by atoms with Crippen molar-refractivity contribution in [2.45, 2.75) is 23.1 Å². The van der Waals surface area contributed by atoms with Gasteiger partial charge in [-0.15, -0.1) is 0 Å². The van der Waals surface area contributed by atoms with Crippen LogP contribution in [0.3, 0.4) is 0 Å². The second kappa shape index (κ2) is 6.08. The van der Waals surface area contributed by atoms with Crippen LogP contribution >= 0.6 is 23.4 Å². The summed E-state index contributed by atoms with van der Waals surface area (Å²) in [5, 5.41) is 11.8. The fourth-order valence-electron chi connectivity index (χ4n) is 1.64. The van der Waals surface area contributed by atoms with Crippen LogP contribution in [0.1, 0.15) is 12.5 Å². The molecule has 0 spiro atoms. The lowest BCUT2D eigenvalue weighted by Gasteiger charge is -2.05. The minimum atomic E-state index is -0.336. The van der Waals surface area contributed by atoms with Crippen LogP contribution in [0, 0.1) is 10.1 Å². The van der Waals surface area contributed by atoms with E-state index in [4.69, 9.17) is 11.6 Å². The summed E-state index contributed by atoms with van der Waals surface area (Å²) in [6.07, 6.45) is 0.784. The van der Waals surface area contributed by atoms with Crippen LogP contribution in [0.5, 0.6) is 0 Å². The van der Waals surface area contributed by atoms with E-state index < -0.39 is 0 Å². The molecule has 0 aliphatic carbocycles. The third-order valence-electron chi connectivity index (χ3n) is 2.67. The Hall–Kier alpha value is -1.52. The van der Waals surface area contributed by atoms with Gasteiger partial charge in [-0.2, -0.15) is 0 Å². The zero-order valence-corrected chi connectivity index (χ0v) is 11.9. The van der Waals surface area contributed by atoms with E-state index in [2.05, 4.69) is 0 Å². The Morgan fingerprint density at radius 2 is 1.89 bits per heavy atom. The minimum absolute atomic E-state index is 0.152. The molecule has 3 nitrogen and oxygen atoms in total. The summed E-state index contributed by atoms with van der Waals surface area (Å²) in [6, 6.07) is 12.6. The SMILES string of the molecule is CCc1ccc(Sc2ccc(Cl)cc2)c([N+](=O)[O-])c1. The highest BCUT2D eigenvalue weighted by Gasteiger charge is 2.15. The van der Waals surface area contributed by atoms with Gasteiger partial charge in [0.05, 0.1) is 9.82 Å². The molecule has 2 rings (SSSR count). The third kappa shape index (κ3) is 3.49. The maximum atomic E-state index is 11.1. The first kappa shape index (κ1) is 13.9. The summed E-state index contributed by atoms with van der Waals surface area (Å²) < 4.78 is 0. The van der Waals surface area contributed by atoms with Gasteiger partial charge in [0.1, 0.15) is 0 Å². The Balaban J connectivity index is 2.33. The number of halogens is 1. The standard InChI is InChI=1S/C14H12ClNO2S/c1-2-10-3-8-14(13(9-10)16(17)18)19-12-6-4-11(15)5-7-12/h3-9H,2H2,1H3. The van der Waals surface area contributed by atoms with E-state index in [0.717, 1.165) is 16.9 Å². The summed E-state index contributed by atoms with van der Waals surface area (Å²) in [5.41, 5.74) is 1.12. The summed E-state index contributed by atoms with van der Waals surface area (Å²) in [6.45, 7) is 1.98. The fourth-order valence-corrected chi connectivity index (χ4v) is 2.67. The van der Waals surface area contributed by atoms with Gasteiger partial charge in [0.15, 0.2) is 0 Å². The van der Waals surface area contributed by atoms with Gasteiger partial charge in [0.25, 0.3) is 5.69 Å². The van der Waals surface area contributed by atoms with Crippen LogP contribution in [-0.4, -0.2) is 4.92 Å². The molecule has 0 atom stereocenters. The monoisotopic (exact) mass is 293 g/mol. The summed E-state index contributed by atoms with van der Waals surface area (Å²) in [7, 11) is 0. The molecule has 5 heteroatoms. The molecule has 0 N–H and O–H groups in total. The second-order valence-electron chi connectivity index (χ2n) is 3.97. The molecule has 0 bridgehead atoms. The van der Waals surface area contributed by atoms with E-state index in [1.54, 1.807) is 24.3 Å². The van der Waals surface area contributed by atoms with Crippen molar-refractivity contribution in [3.63, 3.8) is 0 Å². The lowest BCUT2D eigenvalue weighted by atomic mass is 10.1. The van der Waals surface area contributed by atoms with Gasteiger partial charge in [-0.05, 0) is 42.3 Å². The fraction of sp³-hybridized carbons (Fsp3) is 0.143. The van der Waals surface area contributed by atoms with Gasteiger partial charge >= 0.3 is 0 Å². The van der Waals surface area contributed by atoms with Crippen molar-refractivity contribution in [1.29, 1.82) is 0 Å².